The second-order valence-electron chi connectivity index (χ2n) is 5.20. The number of hydrogen-bond donors (Lipinski definition) is 2. The van der Waals surface area contributed by atoms with Gasteiger partial charge >= 0.3 is 0 Å². The molecule has 1 fully saturated rings. The summed E-state index contributed by atoms with van der Waals surface area (Å²) >= 11 is 6.13. The molecule has 1 aliphatic rings. The molecule has 5 nitrogen and oxygen atoms in total. The van der Waals surface area contributed by atoms with Gasteiger partial charge in [-0.25, -0.2) is 4.68 Å². The van der Waals surface area contributed by atoms with E-state index in [0.29, 0.717) is 12.2 Å². The summed E-state index contributed by atoms with van der Waals surface area (Å²) in [4.78, 5) is 12.0. The number of nitrogens with two attached hydrogens (primary N) is 1. The van der Waals surface area contributed by atoms with Gasteiger partial charge in [-0.1, -0.05) is 36.9 Å². The predicted molar refractivity (Wildman–Crippen MR) is 82.2 cm³/mol. The molecule has 0 bridgehead atoms. The van der Waals surface area contributed by atoms with E-state index in [-0.39, 0.29) is 22.7 Å². The van der Waals surface area contributed by atoms with E-state index in [1.54, 1.807) is 12.3 Å². The number of anilines is 1. The molecule has 20 heavy (non-hydrogen) atoms. The Morgan fingerprint density at radius 2 is 2.25 bits per heavy atom. The average molecular weight is 297 g/mol. The Hall–Kier alpha value is -1.33. The fraction of sp³-hybridized carbons (Fsp3) is 0.571. The first kappa shape index (κ1) is 15.1. The van der Waals surface area contributed by atoms with Crippen LogP contribution in [0.2, 0.25) is 5.02 Å². The second-order valence-corrected chi connectivity index (χ2v) is 5.58. The topological polar surface area (TPSA) is 72.9 Å². The molecule has 0 saturated heterocycles. The Labute approximate surface area is 123 Å². The van der Waals surface area contributed by atoms with Crippen LogP contribution in [0.3, 0.4) is 0 Å². The Morgan fingerprint density at radius 1 is 1.50 bits per heavy atom. The van der Waals surface area contributed by atoms with Crippen molar-refractivity contribution in [2.75, 3.05) is 5.32 Å². The molecule has 6 heteroatoms. The molecule has 0 aromatic carbocycles. The van der Waals surface area contributed by atoms with E-state index < -0.39 is 0 Å². The zero-order valence-electron chi connectivity index (χ0n) is 11.5. The molecule has 1 saturated carbocycles. The third-order valence-electron chi connectivity index (χ3n) is 3.70. The lowest BCUT2D eigenvalue weighted by atomic mass is 10.0. The number of allylic oxidation sites excluding steroid dienone is 1. The van der Waals surface area contributed by atoms with Crippen LogP contribution in [0.15, 0.2) is 23.6 Å². The van der Waals surface area contributed by atoms with Crippen molar-refractivity contribution in [1.82, 2.24) is 9.78 Å². The minimum absolute atomic E-state index is 0.0872. The number of rotatable bonds is 4. The van der Waals surface area contributed by atoms with Gasteiger partial charge in [0.15, 0.2) is 0 Å². The van der Waals surface area contributed by atoms with Crippen molar-refractivity contribution in [3.63, 3.8) is 0 Å². The Bertz CT molecular complexity index is 528. The Kier molecular flexibility index (Phi) is 5.20. The Balaban J connectivity index is 2.18. The lowest BCUT2D eigenvalue weighted by Crippen LogP contribution is -2.40. The van der Waals surface area contributed by atoms with Crippen LogP contribution >= 0.6 is 11.6 Å². The van der Waals surface area contributed by atoms with Gasteiger partial charge in [-0.15, -0.1) is 6.58 Å². The van der Waals surface area contributed by atoms with Crippen molar-refractivity contribution in [3.05, 3.63) is 34.2 Å². The number of nitrogens with one attached hydrogen (secondary N) is 1. The minimum Gasteiger partial charge on any atom is -0.378 e. The van der Waals surface area contributed by atoms with Crippen LogP contribution in [0.25, 0.3) is 0 Å². The molecule has 110 valence electrons. The predicted octanol–water partition coefficient (Wildman–Crippen LogP) is 2.15. The molecule has 0 aliphatic heterocycles. The van der Waals surface area contributed by atoms with Crippen LogP contribution in [0.4, 0.5) is 5.69 Å². The molecule has 1 aromatic rings. The van der Waals surface area contributed by atoms with E-state index >= 15 is 0 Å². The highest BCUT2D eigenvalue weighted by atomic mass is 35.5. The normalized spacial score (nSPS) is 23.1. The molecule has 1 heterocycles. The first-order valence-electron chi connectivity index (χ1n) is 7.02. The highest BCUT2D eigenvalue weighted by Gasteiger charge is 2.21. The van der Waals surface area contributed by atoms with Crippen molar-refractivity contribution in [3.8, 4) is 0 Å². The molecule has 0 radical (unpaired) electrons. The molecule has 2 unspecified atom stereocenters. The van der Waals surface area contributed by atoms with Crippen LogP contribution in [0.1, 0.15) is 32.1 Å². The number of halogens is 1. The lowest BCUT2D eigenvalue weighted by Gasteiger charge is -2.24. The molecular formula is C14H21ClN4O. The van der Waals surface area contributed by atoms with Crippen molar-refractivity contribution in [2.24, 2.45) is 5.73 Å². The largest absolute Gasteiger partial charge is 0.378 e. The molecule has 0 spiro atoms. The fourth-order valence-corrected chi connectivity index (χ4v) is 2.73. The van der Waals surface area contributed by atoms with Crippen LogP contribution in [0, 0.1) is 0 Å². The van der Waals surface area contributed by atoms with Crippen molar-refractivity contribution >= 4 is 17.3 Å². The molecule has 2 atom stereocenters. The van der Waals surface area contributed by atoms with Crippen LogP contribution in [-0.4, -0.2) is 21.9 Å². The number of aromatic nitrogens is 2. The first-order valence-corrected chi connectivity index (χ1v) is 7.40. The van der Waals surface area contributed by atoms with Gasteiger partial charge in [0.1, 0.15) is 5.02 Å². The van der Waals surface area contributed by atoms with Gasteiger partial charge in [-0.3, -0.25) is 4.79 Å². The van der Waals surface area contributed by atoms with Crippen molar-refractivity contribution in [2.45, 2.75) is 50.7 Å². The van der Waals surface area contributed by atoms with E-state index in [9.17, 15) is 4.79 Å². The summed E-state index contributed by atoms with van der Waals surface area (Å²) in [6.45, 7) is 3.94. The van der Waals surface area contributed by atoms with Crippen LogP contribution in [-0.2, 0) is 6.54 Å². The van der Waals surface area contributed by atoms with Gasteiger partial charge in [-0.2, -0.15) is 5.10 Å². The molecule has 1 aromatic heterocycles. The molecular weight excluding hydrogens is 276 g/mol. The summed E-state index contributed by atoms with van der Waals surface area (Å²) in [5, 5.41) is 7.54. The van der Waals surface area contributed by atoms with Gasteiger partial charge in [0.05, 0.1) is 18.4 Å². The van der Waals surface area contributed by atoms with E-state index in [2.05, 4.69) is 17.0 Å². The summed E-state index contributed by atoms with van der Waals surface area (Å²) in [6, 6.07) is 0.232. The summed E-state index contributed by atoms with van der Waals surface area (Å²) in [5.74, 6) is 0. The standard InChI is InChI=1S/C14H21ClN4O/c1-2-8-19-14(20)13(15)12(9-17-19)18-11-7-5-3-4-6-10(11)16/h2,9-11,18H,1,3-8,16H2. The second kappa shape index (κ2) is 6.90. The SMILES string of the molecule is C=CCn1ncc(NC2CCCCCC2N)c(Cl)c1=O. The quantitative estimate of drug-likeness (QED) is 0.659. The number of nitrogens with zero attached hydrogens (tertiary/aromatic N) is 2. The van der Waals surface area contributed by atoms with E-state index in [1.807, 2.05) is 0 Å². The zero-order chi connectivity index (χ0) is 14.5. The van der Waals surface area contributed by atoms with Crippen molar-refractivity contribution < 1.29 is 0 Å². The third-order valence-corrected chi connectivity index (χ3v) is 4.06. The molecule has 3 N–H and O–H groups in total. The third kappa shape index (κ3) is 3.41. The van der Waals surface area contributed by atoms with Gasteiger partial charge in [0.25, 0.3) is 5.56 Å². The maximum absolute atomic E-state index is 12.0. The van der Waals surface area contributed by atoms with Gasteiger partial charge in [0.2, 0.25) is 0 Å². The average Bonchev–Trinajstić information content (AvgIpc) is 2.64. The maximum atomic E-state index is 12.0. The zero-order valence-corrected chi connectivity index (χ0v) is 12.3. The van der Waals surface area contributed by atoms with Crippen LogP contribution < -0.4 is 16.6 Å². The van der Waals surface area contributed by atoms with Gasteiger partial charge < -0.3 is 11.1 Å². The maximum Gasteiger partial charge on any atom is 0.287 e. The van der Waals surface area contributed by atoms with Gasteiger partial charge in [0, 0.05) is 12.1 Å². The summed E-state index contributed by atoms with van der Waals surface area (Å²) in [6.07, 6.45) is 8.70. The Morgan fingerprint density at radius 3 is 3.00 bits per heavy atom. The molecule has 1 aliphatic carbocycles. The highest BCUT2D eigenvalue weighted by molar-refractivity contribution is 6.32. The van der Waals surface area contributed by atoms with Crippen molar-refractivity contribution in [1.29, 1.82) is 0 Å². The smallest absolute Gasteiger partial charge is 0.287 e. The van der Waals surface area contributed by atoms with E-state index in [1.165, 1.54) is 11.1 Å². The van der Waals surface area contributed by atoms with E-state index in [4.69, 9.17) is 17.3 Å². The summed E-state index contributed by atoms with van der Waals surface area (Å²) in [7, 11) is 0. The summed E-state index contributed by atoms with van der Waals surface area (Å²) < 4.78 is 1.29. The van der Waals surface area contributed by atoms with Gasteiger partial charge in [-0.05, 0) is 12.8 Å². The highest BCUT2D eigenvalue weighted by Crippen LogP contribution is 2.23. The molecule has 0 amide bonds. The lowest BCUT2D eigenvalue weighted by molar-refractivity contribution is 0.527. The monoisotopic (exact) mass is 296 g/mol. The minimum atomic E-state index is -0.307. The first-order chi connectivity index (χ1) is 9.63. The summed E-state index contributed by atoms with van der Waals surface area (Å²) in [5.41, 5.74) is 6.43. The van der Waals surface area contributed by atoms with E-state index in [0.717, 1.165) is 25.7 Å². The molecule has 2 rings (SSSR count). The van der Waals surface area contributed by atoms with Crippen LogP contribution in [0.5, 0.6) is 0 Å². The number of hydrogen-bond acceptors (Lipinski definition) is 4. The fourth-order valence-electron chi connectivity index (χ4n) is 2.53.